The van der Waals surface area contributed by atoms with E-state index >= 15 is 0 Å². The van der Waals surface area contributed by atoms with E-state index in [0.29, 0.717) is 24.6 Å². The molecule has 8 nitrogen and oxygen atoms in total. The predicted octanol–water partition coefficient (Wildman–Crippen LogP) is 3.75. The van der Waals surface area contributed by atoms with Gasteiger partial charge in [-0.15, -0.1) is 0 Å². The Hall–Kier alpha value is -2.17. The average molecular weight is 561 g/mol. The Morgan fingerprint density at radius 3 is 1.26 bits per heavy atom. The molecule has 0 aromatic heterocycles. The molecule has 216 valence electrons. The smallest absolute Gasteiger partial charge is 0.206 e. The zero-order chi connectivity index (χ0) is 27.5. The van der Waals surface area contributed by atoms with Gasteiger partial charge in [0, 0.05) is 13.1 Å². The molecule has 2 saturated heterocycles. The lowest BCUT2D eigenvalue weighted by molar-refractivity contribution is 0.0693. The Balaban J connectivity index is 1.24. The topological polar surface area (TPSA) is 99.5 Å². The zero-order valence-corrected chi connectivity index (χ0v) is 23.7. The van der Waals surface area contributed by atoms with E-state index in [9.17, 15) is 18.6 Å². The SMILES string of the molecule is O=S(=O)(c1ccc(OC[C@H](O)CN2CCCCCC2)cc1)c1ccc(OC[C@H](O)CN2CCCCCC2)cc1. The predicted molar refractivity (Wildman–Crippen MR) is 151 cm³/mol. The van der Waals surface area contributed by atoms with Crippen LogP contribution in [0.2, 0.25) is 0 Å². The second-order valence-corrected chi connectivity index (χ2v) is 12.8. The number of likely N-dealkylation sites (tertiary alicyclic amines) is 2. The van der Waals surface area contributed by atoms with Crippen LogP contribution in [0.1, 0.15) is 51.4 Å². The van der Waals surface area contributed by atoms with Crippen LogP contribution in [0.5, 0.6) is 11.5 Å². The number of aliphatic hydroxyl groups is 2. The molecule has 9 heteroatoms. The molecule has 2 aliphatic rings. The van der Waals surface area contributed by atoms with E-state index in [-0.39, 0.29) is 23.0 Å². The summed E-state index contributed by atoms with van der Waals surface area (Å²) in [6.07, 6.45) is 8.48. The third-order valence-corrected chi connectivity index (χ3v) is 9.27. The number of hydrogen-bond donors (Lipinski definition) is 2. The zero-order valence-electron chi connectivity index (χ0n) is 22.9. The number of β-amino-alcohol motifs (C(OH)–C–C–N with tert-alkyl or cyclic N) is 2. The van der Waals surface area contributed by atoms with Crippen molar-refractivity contribution in [1.29, 1.82) is 0 Å². The van der Waals surface area contributed by atoms with Crippen LogP contribution >= 0.6 is 0 Å². The number of benzene rings is 2. The molecule has 39 heavy (non-hydrogen) atoms. The summed E-state index contributed by atoms with van der Waals surface area (Å²) in [6, 6.07) is 12.6. The molecule has 2 N–H and O–H groups in total. The second-order valence-electron chi connectivity index (χ2n) is 10.8. The Morgan fingerprint density at radius 1 is 0.590 bits per heavy atom. The molecule has 2 aromatic carbocycles. The molecule has 2 aromatic rings. The molecule has 0 spiro atoms. The fourth-order valence-electron chi connectivity index (χ4n) is 5.29. The summed E-state index contributed by atoms with van der Waals surface area (Å²) in [5, 5.41) is 20.7. The second kappa shape index (κ2) is 15.0. The average Bonchev–Trinajstić information content (AvgIpc) is 3.36. The van der Waals surface area contributed by atoms with Gasteiger partial charge < -0.3 is 29.5 Å². The third-order valence-electron chi connectivity index (χ3n) is 7.49. The van der Waals surface area contributed by atoms with Crippen LogP contribution in [0.3, 0.4) is 0 Å². The van der Waals surface area contributed by atoms with E-state index < -0.39 is 22.0 Å². The van der Waals surface area contributed by atoms with Crippen molar-refractivity contribution in [3.63, 3.8) is 0 Å². The van der Waals surface area contributed by atoms with Gasteiger partial charge in [0.25, 0.3) is 0 Å². The standard InChI is InChI=1S/C30H44N2O6S/c33-25(21-31-17-5-1-2-6-18-31)23-37-27-9-13-29(14-10-27)39(35,36)30-15-11-28(12-16-30)38-24-26(34)22-32-19-7-3-4-8-20-32/h9-16,25-26,33-34H,1-8,17-24H2/t25-,26-/m1/s1. The molecular formula is C30H44N2O6S. The molecule has 2 aliphatic heterocycles. The molecule has 0 bridgehead atoms. The van der Waals surface area contributed by atoms with Gasteiger partial charge in [-0.05, 0) is 100 Å². The van der Waals surface area contributed by atoms with Gasteiger partial charge in [0.05, 0.1) is 9.79 Å². The molecule has 0 unspecified atom stereocenters. The molecule has 0 radical (unpaired) electrons. The number of hydrogen-bond acceptors (Lipinski definition) is 8. The lowest BCUT2D eigenvalue weighted by atomic mass is 10.2. The highest BCUT2D eigenvalue weighted by atomic mass is 32.2. The summed E-state index contributed by atoms with van der Waals surface area (Å²) < 4.78 is 37.7. The van der Waals surface area contributed by atoms with Gasteiger partial charge in [-0.25, -0.2) is 8.42 Å². The van der Waals surface area contributed by atoms with E-state index in [4.69, 9.17) is 9.47 Å². The van der Waals surface area contributed by atoms with Gasteiger partial charge >= 0.3 is 0 Å². The van der Waals surface area contributed by atoms with Gasteiger partial charge in [-0.3, -0.25) is 0 Å². The quantitative estimate of drug-likeness (QED) is 0.405. The first-order valence-corrected chi connectivity index (χ1v) is 15.9. The van der Waals surface area contributed by atoms with Crippen molar-refractivity contribution in [2.24, 2.45) is 0 Å². The maximum atomic E-state index is 13.1. The number of rotatable bonds is 12. The summed E-state index contributed by atoms with van der Waals surface area (Å²) in [5.74, 6) is 1.04. The summed E-state index contributed by atoms with van der Waals surface area (Å²) in [5.41, 5.74) is 0. The van der Waals surface area contributed by atoms with E-state index in [1.165, 1.54) is 75.6 Å². The highest BCUT2D eigenvalue weighted by molar-refractivity contribution is 7.91. The Kier molecular flexibility index (Phi) is 11.5. The van der Waals surface area contributed by atoms with Crippen molar-refractivity contribution < 1.29 is 28.1 Å². The highest BCUT2D eigenvalue weighted by Gasteiger charge is 2.19. The first-order valence-electron chi connectivity index (χ1n) is 14.4. The van der Waals surface area contributed by atoms with Gasteiger partial charge in [-0.2, -0.15) is 0 Å². The Morgan fingerprint density at radius 2 is 0.923 bits per heavy atom. The van der Waals surface area contributed by atoms with Crippen LogP contribution in [-0.4, -0.2) is 93.1 Å². The molecule has 0 aliphatic carbocycles. The monoisotopic (exact) mass is 560 g/mol. The fourth-order valence-corrected chi connectivity index (χ4v) is 6.55. The van der Waals surface area contributed by atoms with Crippen LogP contribution in [-0.2, 0) is 9.84 Å². The van der Waals surface area contributed by atoms with Crippen molar-refractivity contribution >= 4 is 9.84 Å². The maximum absolute atomic E-state index is 13.1. The van der Waals surface area contributed by atoms with Gasteiger partial charge in [0.15, 0.2) is 0 Å². The van der Waals surface area contributed by atoms with Crippen LogP contribution < -0.4 is 9.47 Å². The minimum Gasteiger partial charge on any atom is -0.491 e. The highest BCUT2D eigenvalue weighted by Crippen LogP contribution is 2.25. The van der Waals surface area contributed by atoms with E-state index in [1.54, 1.807) is 24.3 Å². The van der Waals surface area contributed by atoms with Crippen molar-refractivity contribution in [3.8, 4) is 11.5 Å². The molecule has 2 heterocycles. The lowest BCUT2D eigenvalue weighted by Gasteiger charge is -2.23. The first-order chi connectivity index (χ1) is 18.9. The van der Waals surface area contributed by atoms with Crippen molar-refractivity contribution in [2.75, 3.05) is 52.5 Å². The number of aliphatic hydroxyl groups excluding tert-OH is 2. The summed E-state index contributed by atoms with van der Waals surface area (Å²) in [7, 11) is -3.70. The van der Waals surface area contributed by atoms with Crippen molar-refractivity contribution in [3.05, 3.63) is 48.5 Å². The van der Waals surface area contributed by atoms with Gasteiger partial charge in [0.2, 0.25) is 9.84 Å². The first kappa shape index (κ1) is 29.8. The molecular weight excluding hydrogens is 516 g/mol. The Bertz CT molecular complexity index is 996. The fraction of sp³-hybridized carbons (Fsp3) is 0.600. The molecule has 0 saturated carbocycles. The van der Waals surface area contributed by atoms with Crippen LogP contribution in [0, 0.1) is 0 Å². The lowest BCUT2D eigenvalue weighted by Crippen LogP contribution is -2.36. The van der Waals surface area contributed by atoms with E-state index in [1.807, 2.05) is 0 Å². The molecule has 2 atom stereocenters. The van der Waals surface area contributed by atoms with E-state index in [0.717, 1.165) is 26.2 Å². The number of ether oxygens (including phenoxy) is 2. The number of nitrogens with zero attached hydrogens (tertiary/aromatic N) is 2. The molecule has 4 rings (SSSR count). The van der Waals surface area contributed by atoms with Crippen LogP contribution in [0.4, 0.5) is 0 Å². The Labute approximate surface area is 233 Å². The third kappa shape index (κ3) is 9.46. The normalized spacial score (nSPS) is 19.5. The number of sulfone groups is 1. The minimum absolute atomic E-state index is 0.163. The van der Waals surface area contributed by atoms with Gasteiger partial charge in [0.1, 0.15) is 36.9 Å². The molecule has 0 amide bonds. The maximum Gasteiger partial charge on any atom is 0.206 e. The van der Waals surface area contributed by atoms with Crippen LogP contribution in [0.25, 0.3) is 0 Å². The minimum atomic E-state index is -3.70. The largest absolute Gasteiger partial charge is 0.491 e. The van der Waals surface area contributed by atoms with Gasteiger partial charge in [-0.1, -0.05) is 25.7 Å². The van der Waals surface area contributed by atoms with Crippen molar-refractivity contribution in [2.45, 2.75) is 73.4 Å². The molecule has 2 fully saturated rings. The van der Waals surface area contributed by atoms with Crippen LogP contribution in [0.15, 0.2) is 58.3 Å². The summed E-state index contributed by atoms with van der Waals surface area (Å²) in [4.78, 5) is 4.90. The van der Waals surface area contributed by atoms with E-state index in [2.05, 4.69) is 9.80 Å². The van der Waals surface area contributed by atoms with Crippen molar-refractivity contribution in [1.82, 2.24) is 9.80 Å². The summed E-state index contributed by atoms with van der Waals surface area (Å²) in [6.45, 7) is 5.55. The summed E-state index contributed by atoms with van der Waals surface area (Å²) >= 11 is 0.